The van der Waals surface area contributed by atoms with Crippen molar-refractivity contribution in [2.45, 2.75) is 25.5 Å². The molecule has 2 aromatic rings. The Morgan fingerprint density at radius 1 is 1.43 bits per heavy atom. The van der Waals surface area contributed by atoms with Crippen LogP contribution in [-0.4, -0.2) is 16.9 Å². The minimum absolute atomic E-state index is 0.0317. The molecule has 1 fully saturated rings. The van der Waals surface area contributed by atoms with Gasteiger partial charge < -0.3 is 10.1 Å². The van der Waals surface area contributed by atoms with Crippen LogP contribution < -0.4 is 10.1 Å². The van der Waals surface area contributed by atoms with Gasteiger partial charge in [0.05, 0.1) is 0 Å². The second kappa shape index (κ2) is 5.77. The molecule has 1 heterocycles. The lowest BCUT2D eigenvalue weighted by molar-refractivity contribution is 0.0946. The van der Waals surface area contributed by atoms with Crippen molar-refractivity contribution in [3.05, 3.63) is 45.9 Å². The first-order valence-electron chi connectivity index (χ1n) is 6.45. The van der Waals surface area contributed by atoms with Crippen molar-refractivity contribution in [3.63, 3.8) is 0 Å². The second-order valence-corrected chi connectivity index (χ2v) is 5.68. The van der Waals surface area contributed by atoms with Crippen LogP contribution >= 0.6 is 11.3 Å². The van der Waals surface area contributed by atoms with Crippen LogP contribution in [0.5, 0.6) is 5.75 Å². The SMILES string of the molecule is O=C(NC1CC1)c1csc(COc2ccc(F)cc2F)n1. The van der Waals surface area contributed by atoms with Crippen LogP contribution in [0.2, 0.25) is 0 Å². The van der Waals surface area contributed by atoms with Gasteiger partial charge in [0, 0.05) is 17.5 Å². The molecule has 21 heavy (non-hydrogen) atoms. The third-order valence-electron chi connectivity index (χ3n) is 2.94. The third kappa shape index (κ3) is 3.55. The molecule has 1 N–H and O–H groups in total. The summed E-state index contributed by atoms with van der Waals surface area (Å²) in [5.41, 5.74) is 0.338. The summed E-state index contributed by atoms with van der Waals surface area (Å²) in [5.74, 6) is -1.67. The zero-order valence-corrected chi connectivity index (χ0v) is 11.8. The van der Waals surface area contributed by atoms with Crippen molar-refractivity contribution in [2.24, 2.45) is 0 Å². The summed E-state index contributed by atoms with van der Waals surface area (Å²) >= 11 is 1.26. The highest BCUT2D eigenvalue weighted by molar-refractivity contribution is 7.09. The normalized spacial score (nSPS) is 14.0. The van der Waals surface area contributed by atoms with E-state index < -0.39 is 11.6 Å². The molecule has 0 radical (unpaired) electrons. The Morgan fingerprint density at radius 2 is 2.24 bits per heavy atom. The molecule has 110 valence electrons. The van der Waals surface area contributed by atoms with Crippen molar-refractivity contribution < 1.29 is 18.3 Å². The van der Waals surface area contributed by atoms with E-state index >= 15 is 0 Å². The number of carbonyl (C=O) groups is 1. The molecule has 1 aromatic carbocycles. The van der Waals surface area contributed by atoms with Crippen LogP contribution in [0.3, 0.4) is 0 Å². The Morgan fingerprint density at radius 3 is 2.95 bits per heavy atom. The maximum atomic E-state index is 13.4. The Balaban J connectivity index is 1.60. The van der Waals surface area contributed by atoms with Gasteiger partial charge in [-0.2, -0.15) is 0 Å². The number of benzene rings is 1. The van der Waals surface area contributed by atoms with Gasteiger partial charge in [-0.3, -0.25) is 4.79 Å². The van der Waals surface area contributed by atoms with Crippen molar-refractivity contribution in [1.29, 1.82) is 0 Å². The van der Waals surface area contributed by atoms with Crippen molar-refractivity contribution >= 4 is 17.2 Å². The van der Waals surface area contributed by atoms with Crippen molar-refractivity contribution in [3.8, 4) is 5.75 Å². The number of halogens is 2. The first-order valence-corrected chi connectivity index (χ1v) is 7.33. The fourth-order valence-electron chi connectivity index (χ4n) is 1.70. The first-order chi connectivity index (χ1) is 10.1. The van der Waals surface area contributed by atoms with E-state index in [2.05, 4.69) is 10.3 Å². The third-order valence-corrected chi connectivity index (χ3v) is 3.76. The number of hydrogen-bond acceptors (Lipinski definition) is 4. The molecule has 0 aliphatic heterocycles. The minimum atomic E-state index is -0.766. The lowest BCUT2D eigenvalue weighted by Crippen LogP contribution is -2.25. The van der Waals surface area contributed by atoms with Gasteiger partial charge in [0.1, 0.15) is 23.1 Å². The summed E-state index contributed by atoms with van der Waals surface area (Å²) in [7, 11) is 0. The summed E-state index contributed by atoms with van der Waals surface area (Å²) in [4.78, 5) is 15.9. The molecule has 0 spiro atoms. The molecule has 1 aliphatic carbocycles. The van der Waals surface area contributed by atoms with Crippen LogP contribution in [0.1, 0.15) is 28.3 Å². The molecule has 0 saturated heterocycles. The Bertz CT molecular complexity index is 671. The van der Waals surface area contributed by atoms with Crippen molar-refractivity contribution in [1.82, 2.24) is 10.3 Å². The number of thiazole rings is 1. The van der Waals surface area contributed by atoms with Crippen LogP contribution in [-0.2, 0) is 6.61 Å². The van der Waals surface area contributed by atoms with Crippen LogP contribution in [0.25, 0.3) is 0 Å². The van der Waals surface area contributed by atoms with Gasteiger partial charge in [-0.15, -0.1) is 11.3 Å². The summed E-state index contributed by atoms with van der Waals surface area (Å²) in [6, 6.07) is 3.37. The minimum Gasteiger partial charge on any atom is -0.483 e. The van der Waals surface area contributed by atoms with Gasteiger partial charge in [0.25, 0.3) is 5.91 Å². The molecule has 1 aliphatic rings. The van der Waals surface area contributed by atoms with Gasteiger partial charge >= 0.3 is 0 Å². The summed E-state index contributed by atoms with van der Waals surface area (Å²) in [6.07, 6.45) is 2.02. The number of rotatable bonds is 5. The van der Waals surface area contributed by atoms with Gasteiger partial charge in [0.2, 0.25) is 0 Å². The Kier molecular flexibility index (Phi) is 3.83. The highest BCUT2D eigenvalue weighted by Gasteiger charge is 2.24. The van der Waals surface area contributed by atoms with E-state index in [1.807, 2.05) is 0 Å². The van der Waals surface area contributed by atoms with E-state index in [1.165, 1.54) is 17.4 Å². The lowest BCUT2D eigenvalue weighted by Gasteiger charge is -2.05. The second-order valence-electron chi connectivity index (χ2n) is 4.74. The zero-order valence-electron chi connectivity index (χ0n) is 10.9. The van der Waals surface area contributed by atoms with Crippen LogP contribution in [0, 0.1) is 11.6 Å². The highest BCUT2D eigenvalue weighted by Crippen LogP contribution is 2.21. The van der Waals surface area contributed by atoms with E-state index in [0.717, 1.165) is 25.0 Å². The van der Waals surface area contributed by atoms with E-state index in [4.69, 9.17) is 4.74 Å². The molecule has 0 atom stereocenters. The number of aromatic nitrogens is 1. The number of hydrogen-bond donors (Lipinski definition) is 1. The maximum Gasteiger partial charge on any atom is 0.270 e. The van der Waals surface area contributed by atoms with Gasteiger partial charge in [-0.05, 0) is 25.0 Å². The average molecular weight is 310 g/mol. The fourth-order valence-corrected chi connectivity index (χ4v) is 2.39. The highest BCUT2D eigenvalue weighted by atomic mass is 32.1. The maximum absolute atomic E-state index is 13.4. The zero-order chi connectivity index (χ0) is 14.8. The molecular weight excluding hydrogens is 298 g/mol. The molecule has 7 heteroatoms. The standard InChI is InChI=1S/C14H12F2N2O2S/c15-8-1-4-12(10(16)5-8)20-6-13-18-11(7-21-13)14(19)17-9-2-3-9/h1,4-5,7,9H,2-3,6H2,(H,17,19). The van der Waals surface area contributed by atoms with Gasteiger partial charge in [-0.25, -0.2) is 13.8 Å². The van der Waals surface area contributed by atoms with Gasteiger partial charge in [0.15, 0.2) is 11.6 Å². The molecule has 0 bridgehead atoms. The van der Waals surface area contributed by atoms with Crippen LogP contribution in [0.4, 0.5) is 8.78 Å². The number of nitrogens with one attached hydrogen (secondary N) is 1. The number of carbonyl (C=O) groups excluding carboxylic acids is 1. The molecular formula is C14H12F2N2O2S. The summed E-state index contributed by atoms with van der Waals surface area (Å²) in [6.45, 7) is 0.0317. The summed E-state index contributed by atoms with van der Waals surface area (Å²) in [5, 5.41) is 5.03. The number of ether oxygens (including phenoxy) is 1. The largest absolute Gasteiger partial charge is 0.483 e. The predicted octanol–water partition coefficient (Wildman–Crippen LogP) is 2.89. The molecule has 0 unspecified atom stereocenters. The molecule has 4 nitrogen and oxygen atoms in total. The monoisotopic (exact) mass is 310 g/mol. The number of amides is 1. The lowest BCUT2D eigenvalue weighted by atomic mass is 10.3. The fraction of sp³-hybridized carbons (Fsp3) is 0.286. The van der Waals surface area contributed by atoms with Crippen LogP contribution in [0.15, 0.2) is 23.6 Å². The quantitative estimate of drug-likeness (QED) is 0.924. The Hall–Kier alpha value is -2.02. The van der Waals surface area contributed by atoms with E-state index in [9.17, 15) is 13.6 Å². The smallest absolute Gasteiger partial charge is 0.270 e. The first kappa shape index (κ1) is 13.9. The van der Waals surface area contributed by atoms with E-state index in [1.54, 1.807) is 5.38 Å². The van der Waals surface area contributed by atoms with Crippen molar-refractivity contribution in [2.75, 3.05) is 0 Å². The predicted molar refractivity (Wildman–Crippen MR) is 73.3 cm³/mol. The molecule has 3 rings (SSSR count). The van der Waals surface area contributed by atoms with E-state index in [-0.39, 0.29) is 24.3 Å². The Labute approximate surface area is 123 Å². The topological polar surface area (TPSA) is 51.2 Å². The summed E-state index contributed by atoms with van der Waals surface area (Å²) < 4.78 is 31.4. The molecule has 1 amide bonds. The molecule has 1 aromatic heterocycles. The number of nitrogens with zero attached hydrogens (tertiary/aromatic N) is 1. The van der Waals surface area contributed by atoms with Gasteiger partial charge in [-0.1, -0.05) is 0 Å². The average Bonchev–Trinajstić information content (AvgIpc) is 3.13. The molecule has 1 saturated carbocycles. The van der Waals surface area contributed by atoms with E-state index in [0.29, 0.717) is 10.7 Å².